The van der Waals surface area contributed by atoms with Crippen LogP contribution in [0.4, 0.5) is 0 Å². The predicted molar refractivity (Wildman–Crippen MR) is 127 cm³/mol. The van der Waals surface area contributed by atoms with Crippen molar-refractivity contribution in [2.45, 2.75) is 51.7 Å². The van der Waals surface area contributed by atoms with Gasteiger partial charge in [0.05, 0.1) is 12.1 Å². The van der Waals surface area contributed by atoms with Gasteiger partial charge in [-0.1, -0.05) is 24.3 Å². The number of benzene rings is 1. The maximum absolute atomic E-state index is 13.1. The Morgan fingerprint density at radius 3 is 2.68 bits per heavy atom. The van der Waals surface area contributed by atoms with E-state index in [9.17, 15) is 9.90 Å². The van der Waals surface area contributed by atoms with Crippen LogP contribution in [0.25, 0.3) is 17.1 Å². The first-order valence-electron chi connectivity index (χ1n) is 11.5. The third-order valence-electron chi connectivity index (χ3n) is 6.37. The largest absolute Gasteiger partial charge is 0.449 e. The number of aliphatic hydroxyl groups excluding tert-OH is 1. The number of carbonyl (C=O) groups is 1. The van der Waals surface area contributed by atoms with E-state index in [0.29, 0.717) is 30.2 Å². The molecule has 0 unspecified atom stereocenters. The fraction of sp³-hybridized carbons (Fsp3) is 0.308. The molecule has 0 saturated heterocycles. The summed E-state index contributed by atoms with van der Waals surface area (Å²) in [6.45, 7) is 3.82. The topological polar surface area (TPSA) is 106 Å². The minimum Gasteiger partial charge on any atom is -0.449 e. The van der Waals surface area contributed by atoms with E-state index in [4.69, 9.17) is 4.42 Å². The van der Waals surface area contributed by atoms with Gasteiger partial charge in [-0.2, -0.15) is 5.10 Å². The zero-order chi connectivity index (χ0) is 23.7. The van der Waals surface area contributed by atoms with Crippen molar-refractivity contribution in [3.05, 3.63) is 83.3 Å². The zero-order valence-electron chi connectivity index (χ0n) is 19.2. The number of hydrogen-bond donors (Lipinski definition) is 2. The summed E-state index contributed by atoms with van der Waals surface area (Å²) in [6.07, 6.45) is 7.66. The fourth-order valence-corrected chi connectivity index (χ4v) is 4.42. The molecule has 5 rings (SSSR count). The van der Waals surface area contributed by atoms with Gasteiger partial charge in [-0.15, -0.1) is 0 Å². The molecule has 2 N–H and O–H groups in total. The Morgan fingerprint density at radius 2 is 2.03 bits per heavy atom. The molecule has 2 atom stereocenters. The molecule has 1 fully saturated rings. The lowest BCUT2D eigenvalue weighted by Crippen LogP contribution is -2.40. The highest BCUT2D eigenvalue weighted by Crippen LogP contribution is 2.24. The van der Waals surface area contributed by atoms with Crippen LogP contribution in [0.15, 0.2) is 59.5 Å². The summed E-state index contributed by atoms with van der Waals surface area (Å²) in [5.41, 5.74) is 5.15. The Bertz CT molecular complexity index is 1290. The van der Waals surface area contributed by atoms with Gasteiger partial charge in [0.1, 0.15) is 17.7 Å². The number of nitrogens with zero attached hydrogens (tertiary/aromatic N) is 4. The van der Waals surface area contributed by atoms with E-state index in [1.165, 1.54) is 0 Å². The molecule has 0 radical (unpaired) electrons. The third-order valence-corrected chi connectivity index (χ3v) is 6.37. The minimum absolute atomic E-state index is 0.236. The second kappa shape index (κ2) is 9.23. The summed E-state index contributed by atoms with van der Waals surface area (Å²) >= 11 is 0. The van der Waals surface area contributed by atoms with E-state index in [1.807, 2.05) is 44.3 Å². The number of amides is 1. The summed E-state index contributed by atoms with van der Waals surface area (Å²) < 4.78 is 7.00. The lowest BCUT2D eigenvalue weighted by molar-refractivity contribution is 0.0868. The van der Waals surface area contributed by atoms with Crippen molar-refractivity contribution < 1.29 is 14.3 Å². The van der Waals surface area contributed by atoms with Crippen LogP contribution < -0.4 is 5.32 Å². The van der Waals surface area contributed by atoms with Gasteiger partial charge in [-0.05, 0) is 61.4 Å². The first-order chi connectivity index (χ1) is 16.5. The maximum Gasteiger partial charge on any atom is 0.270 e. The first-order valence-corrected chi connectivity index (χ1v) is 11.5. The monoisotopic (exact) mass is 457 g/mol. The quantitative estimate of drug-likeness (QED) is 0.457. The van der Waals surface area contributed by atoms with Crippen LogP contribution in [0.3, 0.4) is 0 Å². The van der Waals surface area contributed by atoms with Crippen LogP contribution in [0, 0.1) is 13.8 Å². The molecule has 0 spiro atoms. The molecule has 8 nitrogen and oxygen atoms in total. The first kappa shape index (κ1) is 22.0. The molecule has 34 heavy (non-hydrogen) atoms. The van der Waals surface area contributed by atoms with E-state index in [0.717, 1.165) is 40.8 Å². The van der Waals surface area contributed by atoms with Crippen molar-refractivity contribution in [3.8, 4) is 17.1 Å². The Hall–Kier alpha value is -3.78. The Balaban J connectivity index is 1.45. The standard InChI is InChI=1S/C26H27N5O3/c1-16-20(13-18-7-9-19(10-8-18)23-15-34-17(2)28-23)14-22(29-25(16)31-12-4-11-27-31)26(33)30-21-5-3-6-24(21)32/h4,7-12,14-15,21,24,32H,3,5-6,13H2,1-2H3,(H,30,33)/t21-,24-/m0/s1. The number of carbonyl (C=O) groups excluding carboxylic acids is 1. The fourth-order valence-electron chi connectivity index (χ4n) is 4.42. The Kier molecular flexibility index (Phi) is 5.98. The summed E-state index contributed by atoms with van der Waals surface area (Å²) in [4.78, 5) is 22.1. The zero-order valence-corrected chi connectivity index (χ0v) is 19.2. The molecule has 1 saturated carbocycles. The van der Waals surface area contributed by atoms with Gasteiger partial charge in [0.15, 0.2) is 11.7 Å². The van der Waals surface area contributed by atoms with Crippen LogP contribution >= 0.6 is 0 Å². The number of aliphatic hydroxyl groups is 1. The van der Waals surface area contributed by atoms with Crippen LogP contribution in [-0.2, 0) is 6.42 Å². The molecular weight excluding hydrogens is 430 g/mol. The number of hydrogen-bond acceptors (Lipinski definition) is 6. The van der Waals surface area contributed by atoms with Crippen LogP contribution in [0.5, 0.6) is 0 Å². The highest BCUT2D eigenvalue weighted by molar-refractivity contribution is 5.93. The number of oxazole rings is 1. The number of nitrogens with one attached hydrogen (secondary N) is 1. The van der Waals surface area contributed by atoms with Gasteiger partial charge < -0.3 is 14.8 Å². The van der Waals surface area contributed by atoms with Gasteiger partial charge in [0.2, 0.25) is 0 Å². The average Bonchev–Trinajstić information content (AvgIpc) is 3.59. The summed E-state index contributed by atoms with van der Waals surface area (Å²) in [5.74, 6) is 0.972. The molecule has 8 heteroatoms. The molecule has 1 amide bonds. The molecule has 174 valence electrons. The van der Waals surface area contributed by atoms with Gasteiger partial charge >= 0.3 is 0 Å². The van der Waals surface area contributed by atoms with E-state index >= 15 is 0 Å². The SMILES string of the molecule is Cc1nc(-c2ccc(Cc3cc(C(=O)N[C@H]4CCC[C@@H]4O)nc(-n4cccn4)c3C)cc2)co1. The van der Waals surface area contributed by atoms with Crippen molar-refractivity contribution >= 4 is 5.91 Å². The average molecular weight is 458 g/mol. The second-order valence-electron chi connectivity index (χ2n) is 8.77. The number of pyridine rings is 1. The minimum atomic E-state index is -0.508. The Morgan fingerprint density at radius 1 is 1.21 bits per heavy atom. The lowest BCUT2D eigenvalue weighted by Gasteiger charge is -2.18. The van der Waals surface area contributed by atoms with Crippen molar-refractivity contribution in [2.75, 3.05) is 0 Å². The number of aryl methyl sites for hydroxylation is 1. The molecular formula is C26H27N5O3. The summed E-state index contributed by atoms with van der Waals surface area (Å²) in [7, 11) is 0. The number of rotatable bonds is 6. The molecule has 4 aromatic rings. The van der Waals surface area contributed by atoms with Crippen LogP contribution in [0.1, 0.15) is 52.3 Å². The van der Waals surface area contributed by atoms with Crippen molar-refractivity contribution in [1.82, 2.24) is 25.1 Å². The molecule has 3 heterocycles. The van der Waals surface area contributed by atoms with Crippen molar-refractivity contribution in [1.29, 1.82) is 0 Å². The maximum atomic E-state index is 13.1. The smallest absolute Gasteiger partial charge is 0.270 e. The lowest BCUT2D eigenvalue weighted by atomic mass is 9.99. The Labute approximate surface area is 197 Å². The van der Waals surface area contributed by atoms with Crippen molar-refractivity contribution in [3.63, 3.8) is 0 Å². The van der Waals surface area contributed by atoms with E-state index in [1.54, 1.807) is 17.1 Å². The van der Waals surface area contributed by atoms with Gasteiger partial charge in [0.25, 0.3) is 5.91 Å². The van der Waals surface area contributed by atoms with E-state index < -0.39 is 6.10 Å². The van der Waals surface area contributed by atoms with Gasteiger partial charge in [-0.25, -0.2) is 14.6 Å². The molecule has 3 aromatic heterocycles. The van der Waals surface area contributed by atoms with E-state index in [2.05, 4.69) is 32.5 Å². The third kappa shape index (κ3) is 4.49. The predicted octanol–water partition coefficient (Wildman–Crippen LogP) is 3.77. The number of aromatic nitrogens is 4. The van der Waals surface area contributed by atoms with Gasteiger partial charge in [-0.3, -0.25) is 4.79 Å². The molecule has 1 aliphatic rings. The molecule has 0 aliphatic heterocycles. The second-order valence-corrected chi connectivity index (χ2v) is 8.77. The normalized spacial score (nSPS) is 17.7. The van der Waals surface area contributed by atoms with Gasteiger partial charge in [0, 0.05) is 24.9 Å². The summed E-state index contributed by atoms with van der Waals surface area (Å²) in [5, 5.41) is 17.4. The molecule has 0 bridgehead atoms. The van der Waals surface area contributed by atoms with Crippen molar-refractivity contribution in [2.24, 2.45) is 0 Å². The van der Waals surface area contributed by atoms with Crippen LogP contribution in [-0.4, -0.2) is 42.9 Å². The van der Waals surface area contributed by atoms with Crippen LogP contribution in [0.2, 0.25) is 0 Å². The van der Waals surface area contributed by atoms with E-state index in [-0.39, 0.29) is 11.9 Å². The highest BCUT2D eigenvalue weighted by Gasteiger charge is 2.27. The summed E-state index contributed by atoms with van der Waals surface area (Å²) in [6, 6.07) is 11.6. The molecule has 1 aromatic carbocycles. The highest BCUT2D eigenvalue weighted by atomic mass is 16.3. The molecule has 1 aliphatic carbocycles.